The van der Waals surface area contributed by atoms with Gasteiger partial charge in [0.25, 0.3) is 0 Å². The van der Waals surface area contributed by atoms with Crippen LogP contribution in [0, 0.1) is 0 Å². The van der Waals surface area contributed by atoms with Crippen LogP contribution in [0.3, 0.4) is 0 Å². The zero-order chi connectivity index (χ0) is 13.7. The van der Waals surface area contributed by atoms with Crippen LogP contribution in [0.4, 0.5) is 0 Å². The third-order valence-electron chi connectivity index (χ3n) is 3.12. The van der Waals surface area contributed by atoms with Crippen LogP contribution < -0.4 is 0 Å². The Morgan fingerprint density at radius 1 is 1.26 bits per heavy atom. The molecule has 3 nitrogen and oxygen atoms in total. The SMILES string of the molecule is O=C1CCCC=C1N(Cc1ccccc1)C(=O)CCl. The fourth-order valence-corrected chi connectivity index (χ4v) is 2.29. The lowest BCUT2D eigenvalue weighted by Gasteiger charge is -2.26. The van der Waals surface area contributed by atoms with E-state index in [0.717, 1.165) is 18.4 Å². The summed E-state index contributed by atoms with van der Waals surface area (Å²) in [6.07, 6.45) is 4.05. The number of hydrogen-bond donors (Lipinski definition) is 0. The Labute approximate surface area is 117 Å². The van der Waals surface area contributed by atoms with Crippen molar-refractivity contribution in [2.75, 3.05) is 5.88 Å². The molecule has 0 radical (unpaired) electrons. The minimum atomic E-state index is -0.230. The average molecular weight is 278 g/mol. The van der Waals surface area contributed by atoms with Gasteiger partial charge < -0.3 is 4.90 Å². The van der Waals surface area contributed by atoms with Crippen LogP contribution in [-0.2, 0) is 16.1 Å². The first kappa shape index (κ1) is 13.8. The highest BCUT2D eigenvalue weighted by Crippen LogP contribution is 2.20. The molecule has 1 aromatic carbocycles. The molecule has 0 atom stereocenters. The summed E-state index contributed by atoms with van der Waals surface area (Å²) in [5.74, 6) is -0.315. The monoisotopic (exact) mass is 277 g/mol. The molecule has 1 aliphatic rings. The van der Waals surface area contributed by atoms with E-state index in [0.29, 0.717) is 18.7 Å². The molecule has 0 saturated carbocycles. The molecule has 4 heteroatoms. The molecule has 0 fully saturated rings. The number of rotatable bonds is 4. The van der Waals surface area contributed by atoms with E-state index in [1.807, 2.05) is 36.4 Å². The first-order valence-corrected chi connectivity index (χ1v) is 6.89. The Kier molecular flexibility index (Phi) is 4.74. The Bertz CT molecular complexity index is 496. The molecule has 1 aliphatic carbocycles. The van der Waals surface area contributed by atoms with Crippen LogP contribution in [0.25, 0.3) is 0 Å². The first-order valence-electron chi connectivity index (χ1n) is 6.36. The maximum Gasteiger partial charge on any atom is 0.242 e. The van der Waals surface area contributed by atoms with Crippen molar-refractivity contribution < 1.29 is 9.59 Å². The fourth-order valence-electron chi connectivity index (χ4n) is 2.15. The molecular formula is C15H16ClNO2. The van der Waals surface area contributed by atoms with Crippen molar-refractivity contribution >= 4 is 23.3 Å². The molecule has 0 bridgehead atoms. The summed E-state index contributed by atoms with van der Waals surface area (Å²) in [6.45, 7) is 0.393. The number of ketones is 1. The zero-order valence-electron chi connectivity index (χ0n) is 10.6. The van der Waals surface area contributed by atoms with Crippen LogP contribution in [0.2, 0.25) is 0 Å². The summed E-state index contributed by atoms with van der Waals surface area (Å²) in [6, 6.07) is 9.61. The first-order chi connectivity index (χ1) is 9.22. The van der Waals surface area contributed by atoms with Gasteiger partial charge in [-0.2, -0.15) is 0 Å². The van der Waals surface area contributed by atoms with Crippen molar-refractivity contribution in [3.8, 4) is 0 Å². The van der Waals surface area contributed by atoms with Crippen LogP contribution >= 0.6 is 11.6 Å². The number of benzene rings is 1. The van der Waals surface area contributed by atoms with Crippen LogP contribution in [0.1, 0.15) is 24.8 Å². The molecule has 0 unspecified atom stereocenters. The van der Waals surface area contributed by atoms with Crippen molar-refractivity contribution in [3.63, 3.8) is 0 Å². The van der Waals surface area contributed by atoms with Gasteiger partial charge in [0.15, 0.2) is 5.78 Å². The molecule has 0 saturated heterocycles. The molecule has 0 spiro atoms. The number of alkyl halides is 1. The summed E-state index contributed by atoms with van der Waals surface area (Å²) >= 11 is 5.65. The van der Waals surface area contributed by atoms with E-state index in [4.69, 9.17) is 11.6 Å². The molecule has 1 amide bonds. The zero-order valence-corrected chi connectivity index (χ0v) is 11.4. The Balaban J connectivity index is 2.24. The summed E-state index contributed by atoms with van der Waals surface area (Å²) in [5.41, 5.74) is 1.49. The highest BCUT2D eigenvalue weighted by atomic mass is 35.5. The minimum absolute atomic E-state index is 0.0284. The third kappa shape index (κ3) is 3.44. The van der Waals surface area contributed by atoms with Gasteiger partial charge in [0.2, 0.25) is 5.91 Å². The summed E-state index contributed by atoms with van der Waals surface area (Å²) in [4.78, 5) is 25.4. The number of amides is 1. The highest BCUT2D eigenvalue weighted by molar-refractivity contribution is 6.27. The van der Waals surface area contributed by atoms with Crippen molar-refractivity contribution in [2.24, 2.45) is 0 Å². The normalized spacial score (nSPS) is 15.0. The van der Waals surface area contributed by atoms with Crippen LogP contribution in [0.5, 0.6) is 0 Å². The summed E-state index contributed by atoms with van der Waals surface area (Å²) in [5, 5.41) is 0. The van der Waals surface area contributed by atoms with E-state index in [1.54, 1.807) is 0 Å². The molecule has 1 aromatic rings. The second-order valence-electron chi connectivity index (χ2n) is 4.50. The van der Waals surface area contributed by atoms with Crippen LogP contribution in [0.15, 0.2) is 42.1 Å². The number of nitrogens with zero attached hydrogens (tertiary/aromatic N) is 1. The maximum absolute atomic E-state index is 12.0. The van der Waals surface area contributed by atoms with Gasteiger partial charge in [-0.05, 0) is 18.4 Å². The number of carbonyl (C=O) groups excluding carboxylic acids is 2. The summed E-state index contributed by atoms with van der Waals surface area (Å²) in [7, 11) is 0. The predicted molar refractivity (Wildman–Crippen MR) is 74.7 cm³/mol. The van der Waals surface area contributed by atoms with Crippen molar-refractivity contribution in [1.29, 1.82) is 0 Å². The van der Waals surface area contributed by atoms with Crippen molar-refractivity contribution in [2.45, 2.75) is 25.8 Å². The Morgan fingerprint density at radius 2 is 2.00 bits per heavy atom. The molecule has 100 valence electrons. The van der Waals surface area contributed by atoms with Gasteiger partial charge in [-0.15, -0.1) is 11.6 Å². The van der Waals surface area contributed by atoms with Gasteiger partial charge in [0, 0.05) is 6.42 Å². The smallest absolute Gasteiger partial charge is 0.242 e. The minimum Gasteiger partial charge on any atom is -0.304 e. The second-order valence-corrected chi connectivity index (χ2v) is 4.77. The fraction of sp³-hybridized carbons (Fsp3) is 0.333. The van der Waals surface area contributed by atoms with Gasteiger partial charge in [-0.1, -0.05) is 36.4 Å². The number of carbonyl (C=O) groups is 2. The lowest BCUT2D eigenvalue weighted by molar-refractivity contribution is -0.130. The van der Waals surface area contributed by atoms with E-state index in [9.17, 15) is 9.59 Å². The van der Waals surface area contributed by atoms with E-state index in [-0.39, 0.29) is 17.6 Å². The quantitative estimate of drug-likeness (QED) is 0.794. The molecule has 2 rings (SSSR count). The molecule has 0 aromatic heterocycles. The number of halogens is 1. The highest BCUT2D eigenvalue weighted by Gasteiger charge is 2.24. The lowest BCUT2D eigenvalue weighted by Crippen LogP contribution is -2.35. The van der Waals surface area contributed by atoms with E-state index >= 15 is 0 Å². The largest absolute Gasteiger partial charge is 0.304 e. The van der Waals surface area contributed by atoms with E-state index in [1.165, 1.54) is 4.90 Å². The van der Waals surface area contributed by atoms with E-state index < -0.39 is 0 Å². The van der Waals surface area contributed by atoms with Gasteiger partial charge in [0.05, 0.1) is 12.2 Å². The average Bonchev–Trinajstić information content (AvgIpc) is 2.46. The van der Waals surface area contributed by atoms with Crippen molar-refractivity contribution in [3.05, 3.63) is 47.7 Å². The van der Waals surface area contributed by atoms with Gasteiger partial charge in [0.1, 0.15) is 5.88 Å². The second kappa shape index (κ2) is 6.53. The topological polar surface area (TPSA) is 37.4 Å². The molecular weight excluding hydrogens is 262 g/mol. The van der Waals surface area contributed by atoms with E-state index in [2.05, 4.69) is 0 Å². The molecule has 0 aliphatic heterocycles. The van der Waals surface area contributed by atoms with Gasteiger partial charge in [-0.25, -0.2) is 0 Å². The number of hydrogen-bond acceptors (Lipinski definition) is 2. The van der Waals surface area contributed by atoms with Crippen molar-refractivity contribution in [1.82, 2.24) is 4.90 Å². The Hall–Kier alpha value is -1.61. The van der Waals surface area contributed by atoms with Crippen LogP contribution in [-0.4, -0.2) is 22.5 Å². The Morgan fingerprint density at radius 3 is 2.63 bits per heavy atom. The predicted octanol–water partition coefficient (Wildman–Crippen LogP) is 2.89. The summed E-state index contributed by atoms with van der Waals surface area (Å²) < 4.78 is 0. The third-order valence-corrected chi connectivity index (χ3v) is 3.35. The van der Waals surface area contributed by atoms with Gasteiger partial charge in [-0.3, -0.25) is 9.59 Å². The standard InChI is InChI=1S/C15H16ClNO2/c16-10-15(19)17(11-12-6-2-1-3-7-12)13-8-4-5-9-14(13)18/h1-3,6-8H,4-5,9-11H2. The number of Topliss-reactive ketones (excluding diaryl/α,β-unsaturated/α-hetero) is 1. The number of allylic oxidation sites excluding steroid dienone is 2. The lowest BCUT2D eigenvalue weighted by atomic mass is 10.0. The maximum atomic E-state index is 12.0. The molecule has 0 N–H and O–H groups in total. The molecule has 19 heavy (non-hydrogen) atoms. The molecule has 0 heterocycles. The van der Waals surface area contributed by atoms with Gasteiger partial charge >= 0.3 is 0 Å².